The highest BCUT2D eigenvalue weighted by Gasteiger charge is 2.38. The lowest BCUT2D eigenvalue weighted by Crippen LogP contribution is -2.57. The number of nitrogens with two attached hydrogens (primary N) is 1. The van der Waals surface area contributed by atoms with Crippen molar-refractivity contribution in [2.75, 3.05) is 26.7 Å². The minimum Gasteiger partial charge on any atom is -0.359 e. The molecule has 0 bridgehead atoms. The van der Waals surface area contributed by atoms with Crippen LogP contribution in [0, 0.1) is 5.92 Å². The number of hydrogen-bond acceptors (Lipinski definition) is 3. The largest absolute Gasteiger partial charge is 0.359 e. The van der Waals surface area contributed by atoms with Crippen LogP contribution in [0.3, 0.4) is 0 Å². The Morgan fingerprint density at radius 3 is 2.74 bits per heavy atom. The van der Waals surface area contributed by atoms with E-state index in [0.717, 1.165) is 25.4 Å². The molecule has 1 rings (SSSR count). The van der Waals surface area contributed by atoms with Crippen molar-refractivity contribution in [1.82, 2.24) is 10.2 Å². The number of amides is 1. The van der Waals surface area contributed by atoms with Crippen LogP contribution < -0.4 is 11.1 Å². The lowest BCUT2D eigenvalue weighted by atomic mass is 9.75. The predicted octanol–water partition coefficient (Wildman–Crippen LogP) is 1.74. The maximum atomic E-state index is 11.5. The molecule has 1 saturated carbocycles. The van der Waals surface area contributed by atoms with Crippen LogP contribution >= 0.6 is 0 Å². The molecule has 1 aliphatic rings. The van der Waals surface area contributed by atoms with Gasteiger partial charge in [-0.25, -0.2) is 0 Å². The third-order valence-electron chi connectivity index (χ3n) is 4.50. The van der Waals surface area contributed by atoms with Gasteiger partial charge in [0.2, 0.25) is 5.91 Å². The highest BCUT2D eigenvalue weighted by Crippen LogP contribution is 2.36. The first-order valence-electron chi connectivity index (χ1n) is 7.73. The van der Waals surface area contributed by atoms with Crippen LogP contribution in [0.5, 0.6) is 0 Å². The molecule has 1 fully saturated rings. The van der Waals surface area contributed by atoms with E-state index in [4.69, 9.17) is 5.73 Å². The molecule has 0 aliphatic heterocycles. The fourth-order valence-corrected chi connectivity index (χ4v) is 3.45. The van der Waals surface area contributed by atoms with Crippen LogP contribution in [0.4, 0.5) is 0 Å². The van der Waals surface area contributed by atoms with Crippen molar-refractivity contribution in [1.29, 1.82) is 0 Å². The normalized spacial score (nSPS) is 27.5. The number of nitrogens with one attached hydrogen (secondary N) is 1. The Labute approximate surface area is 118 Å². The Morgan fingerprint density at radius 1 is 1.47 bits per heavy atom. The highest BCUT2D eigenvalue weighted by atomic mass is 16.1. The molecule has 0 heterocycles. The summed E-state index contributed by atoms with van der Waals surface area (Å²) in [6.07, 6.45) is 6.63. The van der Waals surface area contributed by atoms with Crippen molar-refractivity contribution in [3.8, 4) is 0 Å². The second-order valence-electron chi connectivity index (χ2n) is 6.04. The average Bonchev–Trinajstić information content (AvgIpc) is 2.42. The molecular weight excluding hydrogens is 238 g/mol. The summed E-state index contributed by atoms with van der Waals surface area (Å²) in [7, 11) is 1.70. The van der Waals surface area contributed by atoms with Gasteiger partial charge in [-0.2, -0.15) is 0 Å². The fraction of sp³-hybridized carbons (Fsp3) is 0.933. The second kappa shape index (κ2) is 7.85. The van der Waals surface area contributed by atoms with Crippen molar-refractivity contribution >= 4 is 5.91 Å². The number of carbonyl (C=O) groups excluding carboxylic acids is 1. The first kappa shape index (κ1) is 16.4. The number of carbonyl (C=O) groups is 1. The molecule has 3 N–H and O–H groups in total. The lowest BCUT2D eigenvalue weighted by molar-refractivity contribution is -0.121. The van der Waals surface area contributed by atoms with Crippen LogP contribution in [-0.2, 0) is 4.79 Å². The summed E-state index contributed by atoms with van der Waals surface area (Å²) in [5.41, 5.74) is 6.25. The Balaban J connectivity index is 2.72. The summed E-state index contributed by atoms with van der Waals surface area (Å²) in [4.78, 5) is 14.0. The van der Waals surface area contributed by atoms with Crippen LogP contribution in [0.25, 0.3) is 0 Å². The van der Waals surface area contributed by atoms with Gasteiger partial charge in [-0.15, -0.1) is 0 Å². The Bertz CT molecular complexity index is 283. The third kappa shape index (κ3) is 4.46. The van der Waals surface area contributed by atoms with E-state index in [2.05, 4.69) is 24.1 Å². The van der Waals surface area contributed by atoms with E-state index in [1.807, 2.05) is 0 Å². The number of hydrogen-bond donors (Lipinski definition) is 2. The number of nitrogens with zero attached hydrogens (tertiary/aromatic N) is 1. The summed E-state index contributed by atoms with van der Waals surface area (Å²) in [5, 5.41) is 2.71. The quantitative estimate of drug-likeness (QED) is 0.740. The Hall–Kier alpha value is -0.610. The molecule has 0 spiro atoms. The van der Waals surface area contributed by atoms with Crippen molar-refractivity contribution in [3.05, 3.63) is 0 Å². The second-order valence-corrected chi connectivity index (χ2v) is 6.04. The van der Waals surface area contributed by atoms with Crippen molar-refractivity contribution in [3.63, 3.8) is 0 Å². The zero-order valence-electron chi connectivity index (χ0n) is 12.9. The van der Waals surface area contributed by atoms with Gasteiger partial charge < -0.3 is 11.1 Å². The third-order valence-corrected chi connectivity index (χ3v) is 4.50. The van der Waals surface area contributed by atoms with Gasteiger partial charge in [0.1, 0.15) is 0 Å². The van der Waals surface area contributed by atoms with Gasteiger partial charge in [0.25, 0.3) is 0 Å². The molecule has 0 radical (unpaired) electrons. The Morgan fingerprint density at radius 2 is 2.21 bits per heavy atom. The van der Waals surface area contributed by atoms with E-state index < -0.39 is 0 Å². The van der Waals surface area contributed by atoms with Crippen LogP contribution in [0.2, 0.25) is 0 Å². The molecule has 0 aromatic carbocycles. The molecule has 4 nitrogen and oxygen atoms in total. The van der Waals surface area contributed by atoms with Crippen LogP contribution in [-0.4, -0.2) is 43.0 Å². The molecule has 2 unspecified atom stereocenters. The lowest BCUT2D eigenvalue weighted by Gasteiger charge is -2.48. The first-order valence-corrected chi connectivity index (χ1v) is 7.73. The minimum absolute atomic E-state index is 0.122. The van der Waals surface area contributed by atoms with Gasteiger partial charge in [-0.1, -0.05) is 26.7 Å². The summed E-state index contributed by atoms with van der Waals surface area (Å²) in [6, 6.07) is 0. The average molecular weight is 269 g/mol. The van der Waals surface area contributed by atoms with Gasteiger partial charge >= 0.3 is 0 Å². The molecular formula is C15H31N3O. The van der Waals surface area contributed by atoms with E-state index in [1.165, 1.54) is 25.7 Å². The molecule has 1 amide bonds. The molecule has 4 heteroatoms. The van der Waals surface area contributed by atoms with Gasteiger partial charge in [0.05, 0.1) is 0 Å². The Kier molecular flexibility index (Phi) is 6.80. The monoisotopic (exact) mass is 269 g/mol. The SMILES string of the molecule is CCCN(CCC(=O)NC)C1(CN)CCCC(C)C1. The maximum absolute atomic E-state index is 11.5. The van der Waals surface area contributed by atoms with Gasteiger partial charge in [-0.05, 0) is 31.7 Å². The smallest absolute Gasteiger partial charge is 0.221 e. The van der Waals surface area contributed by atoms with Gasteiger partial charge in [0, 0.05) is 32.1 Å². The van der Waals surface area contributed by atoms with Crippen molar-refractivity contribution in [2.24, 2.45) is 11.7 Å². The molecule has 0 aromatic rings. The minimum atomic E-state index is 0.122. The summed E-state index contributed by atoms with van der Waals surface area (Å²) in [5.74, 6) is 0.869. The molecule has 2 atom stereocenters. The van der Waals surface area contributed by atoms with E-state index in [-0.39, 0.29) is 11.4 Å². The fourth-order valence-electron chi connectivity index (χ4n) is 3.45. The van der Waals surface area contributed by atoms with Crippen LogP contribution in [0.1, 0.15) is 52.4 Å². The van der Waals surface area contributed by atoms with Crippen LogP contribution in [0.15, 0.2) is 0 Å². The first-order chi connectivity index (χ1) is 9.07. The van der Waals surface area contributed by atoms with E-state index in [0.29, 0.717) is 13.0 Å². The maximum Gasteiger partial charge on any atom is 0.221 e. The van der Waals surface area contributed by atoms with E-state index in [9.17, 15) is 4.79 Å². The topological polar surface area (TPSA) is 58.4 Å². The van der Waals surface area contributed by atoms with Gasteiger partial charge in [-0.3, -0.25) is 9.69 Å². The summed E-state index contributed by atoms with van der Waals surface area (Å²) >= 11 is 0. The standard InChI is InChI=1S/C15H31N3O/c1-4-9-18(10-7-14(19)17-3)15(12-16)8-5-6-13(2)11-15/h13H,4-12,16H2,1-3H3,(H,17,19). The summed E-state index contributed by atoms with van der Waals surface area (Å²) < 4.78 is 0. The zero-order chi connectivity index (χ0) is 14.3. The number of rotatable bonds is 7. The summed E-state index contributed by atoms with van der Waals surface area (Å²) in [6.45, 7) is 7.11. The highest BCUT2D eigenvalue weighted by molar-refractivity contribution is 5.75. The van der Waals surface area contributed by atoms with E-state index >= 15 is 0 Å². The molecule has 112 valence electrons. The molecule has 19 heavy (non-hydrogen) atoms. The zero-order valence-corrected chi connectivity index (χ0v) is 12.9. The van der Waals surface area contributed by atoms with Crippen molar-refractivity contribution < 1.29 is 4.79 Å². The van der Waals surface area contributed by atoms with E-state index in [1.54, 1.807) is 7.05 Å². The molecule has 1 aliphatic carbocycles. The molecule has 0 aromatic heterocycles. The molecule has 0 saturated heterocycles. The van der Waals surface area contributed by atoms with Crippen molar-refractivity contribution in [2.45, 2.75) is 57.9 Å². The predicted molar refractivity (Wildman–Crippen MR) is 80.0 cm³/mol. The van der Waals surface area contributed by atoms with Gasteiger partial charge in [0.15, 0.2) is 0 Å².